The highest BCUT2D eigenvalue weighted by atomic mass is 16.1. The van der Waals surface area contributed by atoms with Crippen LogP contribution in [0.15, 0.2) is 30.3 Å². The monoisotopic (exact) mass is 244 g/mol. The SMILES string of the molecule is CC1(C(=O)CC(=O)c2ccccc2)CCCCC1. The molecule has 2 nitrogen and oxygen atoms in total. The summed E-state index contributed by atoms with van der Waals surface area (Å²) in [4.78, 5) is 24.3. The van der Waals surface area contributed by atoms with E-state index >= 15 is 0 Å². The van der Waals surface area contributed by atoms with Gasteiger partial charge in [-0.25, -0.2) is 0 Å². The Morgan fingerprint density at radius 3 is 2.28 bits per heavy atom. The lowest BCUT2D eigenvalue weighted by molar-refractivity contribution is -0.128. The number of rotatable bonds is 4. The van der Waals surface area contributed by atoms with Crippen LogP contribution in [0.1, 0.15) is 55.8 Å². The molecule has 18 heavy (non-hydrogen) atoms. The third kappa shape index (κ3) is 2.87. The van der Waals surface area contributed by atoms with Crippen molar-refractivity contribution < 1.29 is 9.59 Å². The Balaban J connectivity index is 2.01. The van der Waals surface area contributed by atoms with Crippen LogP contribution < -0.4 is 0 Å². The van der Waals surface area contributed by atoms with Crippen LogP contribution in [0.4, 0.5) is 0 Å². The zero-order chi connectivity index (χ0) is 13.0. The quantitative estimate of drug-likeness (QED) is 0.596. The second-order valence-electron chi connectivity index (χ2n) is 5.51. The van der Waals surface area contributed by atoms with Crippen molar-refractivity contribution in [3.63, 3.8) is 0 Å². The predicted octanol–water partition coefficient (Wildman–Crippen LogP) is 3.80. The Bertz CT molecular complexity index is 428. The Kier molecular flexibility index (Phi) is 3.95. The first kappa shape index (κ1) is 13.0. The lowest BCUT2D eigenvalue weighted by Gasteiger charge is -2.31. The molecule has 0 radical (unpaired) electrons. The van der Waals surface area contributed by atoms with E-state index in [0.29, 0.717) is 5.56 Å². The molecular weight excluding hydrogens is 224 g/mol. The van der Waals surface area contributed by atoms with E-state index < -0.39 is 0 Å². The molecule has 1 aromatic rings. The molecule has 1 aromatic carbocycles. The molecule has 0 spiro atoms. The van der Waals surface area contributed by atoms with Gasteiger partial charge in [-0.3, -0.25) is 9.59 Å². The first-order valence-corrected chi connectivity index (χ1v) is 6.73. The molecule has 0 saturated heterocycles. The van der Waals surface area contributed by atoms with Gasteiger partial charge in [0.2, 0.25) is 0 Å². The summed E-state index contributed by atoms with van der Waals surface area (Å²) in [6.45, 7) is 2.02. The van der Waals surface area contributed by atoms with Gasteiger partial charge in [-0.1, -0.05) is 56.5 Å². The van der Waals surface area contributed by atoms with Crippen molar-refractivity contribution in [1.82, 2.24) is 0 Å². The standard InChI is InChI=1S/C16H20O2/c1-16(10-6-3-7-11-16)15(18)12-14(17)13-8-4-2-5-9-13/h2,4-5,8-9H,3,6-7,10-12H2,1H3. The molecule has 0 heterocycles. The van der Waals surface area contributed by atoms with Crippen molar-refractivity contribution in [1.29, 1.82) is 0 Å². The maximum absolute atomic E-state index is 12.3. The fourth-order valence-electron chi connectivity index (χ4n) is 2.70. The van der Waals surface area contributed by atoms with Crippen LogP contribution in [-0.2, 0) is 4.79 Å². The smallest absolute Gasteiger partial charge is 0.170 e. The van der Waals surface area contributed by atoms with Gasteiger partial charge >= 0.3 is 0 Å². The average Bonchev–Trinajstić information content (AvgIpc) is 2.40. The summed E-state index contributed by atoms with van der Waals surface area (Å²) < 4.78 is 0. The van der Waals surface area contributed by atoms with Crippen molar-refractivity contribution in [3.8, 4) is 0 Å². The van der Waals surface area contributed by atoms with Gasteiger partial charge in [-0.15, -0.1) is 0 Å². The fraction of sp³-hybridized carbons (Fsp3) is 0.500. The summed E-state index contributed by atoms with van der Waals surface area (Å²) in [7, 11) is 0. The number of benzene rings is 1. The first-order valence-electron chi connectivity index (χ1n) is 6.73. The fourth-order valence-corrected chi connectivity index (χ4v) is 2.70. The number of Topliss-reactive ketones (excluding diaryl/α,β-unsaturated/α-hetero) is 2. The topological polar surface area (TPSA) is 34.1 Å². The minimum atomic E-state index is -0.261. The normalized spacial score (nSPS) is 18.3. The van der Waals surface area contributed by atoms with Gasteiger partial charge < -0.3 is 0 Å². The molecule has 0 N–H and O–H groups in total. The molecule has 0 aliphatic heterocycles. The number of hydrogen-bond donors (Lipinski definition) is 0. The van der Waals surface area contributed by atoms with Gasteiger partial charge in [0.05, 0.1) is 6.42 Å². The summed E-state index contributed by atoms with van der Waals surface area (Å²) in [5, 5.41) is 0. The van der Waals surface area contributed by atoms with Crippen molar-refractivity contribution in [3.05, 3.63) is 35.9 Å². The number of carbonyl (C=O) groups excluding carboxylic acids is 2. The maximum atomic E-state index is 12.3. The molecule has 0 unspecified atom stereocenters. The first-order chi connectivity index (χ1) is 8.62. The van der Waals surface area contributed by atoms with Crippen LogP contribution in [0.25, 0.3) is 0 Å². The van der Waals surface area contributed by atoms with Gasteiger partial charge in [-0.2, -0.15) is 0 Å². The van der Waals surface area contributed by atoms with E-state index in [2.05, 4.69) is 0 Å². The molecular formula is C16H20O2. The summed E-state index contributed by atoms with van der Waals surface area (Å²) in [5.41, 5.74) is 0.383. The number of carbonyl (C=O) groups is 2. The molecule has 1 saturated carbocycles. The summed E-state index contributed by atoms with van der Waals surface area (Å²) in [6, 6.07) is 9.10. The van der Waals surface area contributed by atoms with Gasteiger partial charge in [0.15, 0.2) is 5.78 Å². The Hall–Kier alpha value is -1.44. The molecule has 1 fully saturated rings. The molecule has 0 atom stereocenters. The van der Waals surface area contributed by atoms with Crippen molar-refractivity contribution in [2.75, 3.05) is 0 Å². The van der Waals surface area contributed by atoms with Crippen molar-refractivity contribution >= 4 is 11.6 Å². The van der Waals surface area contributed by atoms with Crippen LogP contribution in [0.5, 0.6) is 0 Å². The van der Waals surface area contributed by atoms with Crippen LogP contribution in [-0.4, -0.2) is 11.6 Å². The van der Waals surface area contributed by atoms with E-state index in [0.717, 1.165) is 25.7 Å². The third-order valence-electron chi connectivity index (χ3n) is 4.05. The highest BCUT2D eigenvalue weighted by molar-refractivity contribution is 6.09. The number of hydrogen-bond acceptors (Lipinski definition) is 2. The second kappa shape index (κ2) is 5.47. The zero-order valence-corrected chi connectivity index (χ0v) is 10.9. The van der Waals surface area contributed by atoms with E-state index in [1.807, 2.05) is 25.1 Å². The molecule has 1 aliphatic carbocycles. The van der Waals surface area contributed by atoms with Crippen LogP contribution >= 0.6 is 0 Å². The minimum Gasteiger partial charge on any atom is -0.299 e. The predicted molar refractivity (Wildman–Crippen MR) is 71.6 cm³/mol. The molecule has 0 amide bonds. The Labute approximate surface area is 108 Å². The summed E-state index contributed by atoms with van der Waals surface area (Å²) >= 11 is 0. The average molecular weight is 244 g/mol. The van der Waals surface area contributed by atoms with E-state index in [4.69, 9.17) is 0 Å². The number of ketones is 2. The lowest BCUT2D eigenvalue weighted by atomic mass is 9.71. The van der Waals surface area contributed by atoms with E-state index in [1.165, 1.54) is 6.42 Å². The molecule has 2 heteroatoms. The van der Waals surface area contributed by atoms with Gasteiger partial charge in [-0.05, 0) is 12.8 Å². The van der Waals surface area contributed by atoms with Gasteiger partial charge in [0.25, 0.3) is 0 Å². The van der Waals surface area contributed by atoms with E-state index in [9.17, 15) is 9.59 Å². The third-order valence-corrected chi connectivity index (χ3v) is 4.05. The molecule has 0 bridgehead atoms. The van der Waals surface area contributed by atoms with Crippen LogP contribution in [0.2, 0.25) is 0 Å². The van der Waals surface area contributed by atoms with Gasteiger partial charge in [0, 0.05) is 11.0 Å². The maximum Gasteiger partial charge on any atom is 0.170 e. The highest BCUT2D eigenvalue weighted by Crippen LogP contribution is 2.37. The second-order valence-corrected chi connectivity index (χ2v) is 5.51. The molecule has 2 rings (SSSR count). The molecule has 96 valence electrons. The van der Waals surface area contributed by atoms with Crippen molar-refractivity contribution in [2.24, 2.45) is 5.41 Å². The van der Waals surface area contributed by atoms with E-state index in [1.54, 1.807) is 12.1 Å². The minimum absolute atomic E-state index is 0.0487. The molecule has 0 aromatic heterocycles. The summed E-state index contributed by atoms with van der Waals surface area (Å²) in [6.07, 6.45) is 5.38. The summed E-state index contributed by atoms with van der Waals surface area (Å²) in [5.74, 6) is 0.0726. The molecule has 1 aliphatic rings. The largest absolute Gasteiger partial charge is 0.299 e. The van der Waals surface area contributed by atoms with E-state index in [-0.39, 0.29) is 23.4 Å². The Morgan fingerprint density at radius 2 is 1.67 bits per heavy atom. The highest BCUT2D eigenvalue weighted by Gasteiger charge is 2.35. The van der Waals surface area contributed by atoms with Crippen LogP contribution in [0, 0.1) is 5.41 Å². The Morgan fingerprint density at radius 1 is 1.06 bits per heavy atom. The van der Waals surface area contributed by atoms with Gasteiger partial charge in [0.1, 0.15) is 5.78 Å². The van der Waals surface area contributed by atoms with Crippen molar-refractivity contribution in [2.45, 2.75) is 45.4 Å². The lowest BCUT2D eigenvalue weighted by Crippen LogP contribution is -2.31. The zero-order valence-electron chi connectivity index (χ0n) is 10.9. The van der Waals surface area contributed by atoms with Crippen LogP contribution in [0.3, 0.4) is 0 Å².